The number of fused-ring (bicyclic) bond motifs is 2. The molecule has 3 amide bonds. The second-order valence-electron chi connectivity index (χ2n) is 17.5. The number of rotatable bonds is 12. The second-order valence-corrected chi connectivity index (χ2v) is 17.9. The largest absolute Gasteiger partial charge is 0.457 e. The van der Waals surface area contributed by atoms with Crippen molar-refractivity contribution in [2.45, 2.75) is 63.5 Å². The van der Waals surface area contributed by atoms with Crippen LogP contribution in [0.5, 0.6) is 23.0 Å². The highest BCUT2D eigenvalue weighted by Crippen LogP contribution is 2.43. The third-order valence-corrected chi connectivity index (χ3v) is 13.5. The number of benzene rings is 4. The van der Waals surface area contributed by atoms with Gasteiger partial charge in [0.25, 0.3) is 11.8 Å². The normalized spacial score (nSPS) is 17.5. The number of amides is 3. The zero-order valence-electron chi connectivity index (χ0n) is 38.5. The van der Waals surface area contributed by atoms with Crippen molar-refractivity contribution in [3.63, 3.8) is 0 Å². The van der Waals surface area contributed by atoms with Gasteiger partial charge >= 0.3 is 0 Å². The summed E-state index contributed by atoms with van der Waals surface area (Å²) in [5.74, 6) is 5.76. The molecule has 0 spiro atoms. The summed E-state index contributed by atoms with van der Waals surface area (Å²) in [6.45, 7) is 11.8. The van der Waals surface area contributed by atoms with Crippen molar-refractivity contribution in [3.05, 3.63) is 158 Å². The number of para-hydroxylation sites is 2. The van der Waals surface area contributed by atoms with Crippen LogP contribution in [0.1, 0.15) is 83.0 Å². The number of carbonyl (C=O) groups excluding carboxylic acids is 4. The van der Waals surface area contributed by atoms with Gasteiger partial charge in [-0.25, -0.2) is 9.97 Å². The van der Waals surface area contributed by atoms with E-state index < -0.39 is 17.1 Å². The predicted molar refractivity (Wildman–Crippen MR) is 266 cm³/mol. The Bertz CT molecular complexity index is 2780. The van der Waals surface area contributed by atoms with E-state index in [9.17, 15) is 19.2 Å². The number of hydrogen-bond acceptors (Lipinski definition) is 9. The summed E-state index contributed by atoms with van der Waals surface area (Å²) in [5.41, 5.74) is 15.6. The molecule has 2 atom stereocenters. The monoisotopic (exact) mass is 948 g/mol. The Kier molecular flexibility index (Phi) is 15.5. The molecule has 0 aliphatic carbocycles. The van der Waals surface area contributed by atoms with Crippen LogP contribution < -0.4 is 26.3 Å². The van der Waals surface area contributed by atoms with Gasteiger partial charge in [0.15, 0.2) is 0 Å². The number of carbonyl (C=O) groups is 4. The molecule has 2 fully saturated rings. The van der Waals surface area contributed by atoms with Crippen LogP contribution in [-0.4, -0.2) is 73.1 Å². The number of hydrogen-bond donors (Lipinski definition) is 3. The Balaban J connectivity index is 0.000000171. The number of nitrogens with one attached hydrogen (secondary N) is 1. The zero-order valence-corrected chi connectivity index (χ0v) is 39.2. The van der Waals surface area contributed by atoms with Crippen LogP contribution in [0.15, 0.2) is 135 Å². The smallest absolute Gasteiger partial charge is 0.267 e. The van der Waals surface area contributed by atoms with E-state index in [1.54, 1.807) is 0 Å². The SMILES string of the molecule is C=CC(=O)Cl.C=CC(=O)N1CCC(C2CCn3c2nc(-c2ccc(Oc4ccccc4)cc2)c3C(N)=O)CC1.NC(=O)c1c(-c2ccc(Oc3ccccc3)cc2)nc2n1CCC2C1CCNCC1. The number of nitrogens with zero attached hydrogens (tertiary/aromatic N) is 5. The van der Waals surface area contributed by atoms with Crippen LogP contribution in [0.25, 0.3) is 22.5 Å². The van der Waals surface area contributed by atoms with Crippen molar-refractivity contribution in [1.82, 2.24) is 29.3 Å². The van der Waals surface area contributed by atoms with E-state index in [1.807, 2.05) is 119 Å². The fourth-order valence-corrected chi connectivity index (χ4v) is 10.1. The highest BCUT2D eigenvalue weighted by atomic mass is 35.5. The molecule has 6 heterocycles. The second kappa shape index (κ2) is 22.2. The minimum Gasteiger partial charge on any atom is -0.457 e. The van der Waals surface area contributed by atoms with Gasteiger partial charge in [0, 0.05) is 49.1 Å². The molecule has 69 heavy (non-hydrogen) atoms. The van der Waals surface area contributed by atoms with Crippen LogP contribution >= 0.6 is 11.6 Å². The Morgan fingerprint density at radius 1 is 0.565 bits per heavy atom. The molecule has 0 bridgehead atoms. The molecule has 2 unspecified atom stereocenters. The number of aromatic nitrogens is 4. The fourth-order valence-electron chi connectivity index (χ4n) is 10.1. The van der Waals surface area contributed by atoms with Gasteiger partial charge in [0.05, 0.1) is 0 Å². The van der Waals surface area contributed by atoms with Gasteiger partial charge in [-0.2, -0.15) is 0 Å². The van der Waals surface area contributed by atoms with Crippen molar-refractivity contribution in [2.75, 3.05) is 26.2 Å². The summed E-state index contributed by atoms with van der Waals surface area (Å²) in [6, 6.07) is 34.5. The zero-order chi connectivity index (χ0) is 48.4. The summed E-state index contributed by atoms with van der Waals surface area (Å²) in [7, 11) is 0. The van der Waals surface area contributed by atoms with Gasteiger partial charge in [-0.3, -0.25) is 19.2 Å². The first-order valence-corrected chi connectivity index (χ1v) is 23.8. The molecule has 2 saturated heterocycles. The van der Waals surface area contributed by atoms with E-state index in [0.717, 1.165) is 124 Å². The molecule has 10 rings (SSSR count). The number of allylic oxidation sites excluding steroid dienone is 1. The third-order valence-electron chi connectivity index (χ3n) is 13.4. The lowest BCUT2D eigenvalue weighted by Crippen LogP contribution is -2.38. The average molecular weight is 950 g/mol. The molecule has 2 aromatic heterocycles. The minimum absolute atomic E-state index is 0.00985. The van der Waals surface area contributed by atoms with Gasteiger partial charge in [-0.1, -0.05) is 49.6 Å². The first-order valence-electron chi connectivity index (χ1n) is 23.4. The maximum Gasteiger partial charge on any atom is 0.267 e. The number of nitrogens with two attached hydrogens (primary N) is 2. The number of piperidine rings is 2. The summed E-state index contributed by atoms with van der Waals surface area (Å²) in [4.78, 5) is 57.9. The van der Waals surface area contributed by atoms with Crippen LogP contribution in [0.3, 0.4) is 0 Å². The minimum atomic E-state index is -0.509. The highest BCUT2D eigenvalue weighted by Gasteiger charge is 2.39. The molecular weight excluding hydrogens is 892 g/mol. The molecule has 14 nitrogen and oxygen atoms in total. The molecule has 5 N–H and O–H groups in total. The van der Waals surface area contributed by atoms with Crippen LogP contribution in [-0.2, 0) is 22.7 Å². The molecule has 356 valence electrons. The van der Waals surface area contributed by atoms with Gasteiger partial charge < -0.3 is 40.3 Å². The van der Waals surface area contributed by atoms with E-state index in [-0.39, 0.29) is 11.8 Å². The molecule has 4 aliphatic heterocycles. The van der Waals surface area contributed by atoms with E-state index in [2.05, 4.69) is 23.0 Å². The Hall–Kier alpha value is -7.29. The molecule has 4 aromatic carbocycles. The summed E-state index contributed by atoms with van der Waals surface area (Å²) >= 11 is 4.71. The Morgan fingerprint density at radius 3 is 1.33 bits per heavy atom. The van der Waals surface area contributed by atoms with Crippen LogP contribution in [0.2, 0.25) is 0 Å². The van der Waals surface area contributed by atoms with Crippen molar-refractivity contribution in [3.8, 4) is 45.5 Å². The average Bonchev–Trinajstić information content (AvgIpc) is 4.17. The van der Waals surface area contributed by atoms with Crippen LogP contribution in [0.4, 0.5) is 0 Å². The lowest BCUT2D eigenvalue weighted by molar-refractivity contribution is -0.127. The van der Waals surface area contributed by atoms with Gasteiger partial charge in [0.1, 0.15) is 57.4 Å². The standard InChI is InChI=1S/C27H28N4O3.C24H26N4O2.C3H3ClO/c1-2-23(32)30-15-12-18(13-16-30)22-14-17-31-25(26(28)33)24(29-27(22)31)19-8-10-21(11-9-19)34-20-6-4-3-5-7-20;25-23(29)22-21(17-6-8-19(9-7-17)30-18-4-2-1-3-5-18)27-24-20(12-15-28(22)24)16-10-13-26-14-11-16;1-2-3(4)5/h2-11,18,22H,1,12-17H2,(H2,28,33);1-9,16,20,26H,10-15H2,(H2,25,29);2H,1H2. The van der Waals surface area contributed by atoms with Crippen molar-refractivity contribution in [1.29, 1.82) is 0 Å². The lowest BCUT2D eigenvalue weighted by atomic mass is 9.83. The van der Waals surface area contributed by atoms with E-state index >= 15 is 0 Å². The quantitative estimate of drug-likeness (QED) is 0.0793. The number of halogens is 1. The van der Waals surface area contributed by atoms with E-state index in [4.69, 9.17) is 42.5 Å². The first-order chi connectivity index (χ1) is 33.5. The predicted octanol–water partition coefficient (Wildman–Crippen LogP) is 9.22. The van der Waals surface area contributed by atoms with Gasteiger partial charge in [-0.15, -0.1) is 0 Å². The molecule has 6 aromatic rings. The lowest BCUT2D eigenvalue weighted by Gasteiger charge is -2.33. The van der Waals surface area contributed by atoms with Crippen molar-refractivity contribution in [2.24, 2.45) is 23.3 Å². The maximum absolute atomic E-state index is 12.4. The van der Waals surface area contributed by atoms with Gasteiger partial charge in [0.2, 0.25) is 11.1 Å². The molecule has 15 heteroatoms. The van der Waals surface area contributed by atoms with Crippen molar-refractivity contribution < 1.29 is 28.7 Å². The Morgan fingerprint density at radius 2 is 0.957 bits per heavy atom. The third kappa shape index (κ3) is 11.2. The number of primary amides is 2. The summed E-state index contributed by atoms with van der Waals surface area (Å²) in [5, 5.41) is 2.92. The fraction of sp³-hybridized carbons (Fsp3) is 0.296. The molecule has 0 radical (unpaired) electrons. The first kappa shape index (κ1) is 48.2. The molecular formula is C54H57ClN8O6. The maximum atomic E-state index is 12.4. The number of likely N-dealkylation sites (tertiary alicyclic amines) is 1. The van der Waals surface area contributed by atoms with E-state index in [1.165, 1.54) is 6.08 Å². The summed E-state index contributed by atoms with van der Waals surface area (Å²) in [6.07, 6.45) is 8.55. The van der Waals surface area contributed by atoms with E-state index in [0.29, 0.717) is 46.3 Å². The number of ether oxygens (including phenoxy) is 2. The molecule has 0 saturated carbocycles. The van der Waals surface area contributed by atoms with Crippen molar-refractivity contribution >= 4 is 34.6 Å². The topological polar surface area (TPSA) is 190 Å². The summed E-state index contributed by atoms with van der Waals surface area (Å²) < 4.78 is 15.8. The van der Waals surface area contributed by atoms with Gasteiger partial charge in [-0.05, 0) is 160 Å². The Labute approximate surface area is 407 Å². The highest BCUT2D eigenvalue weighted by molar-refractivity contribution is 6.66. The number of imidazole rings is 2. The molecule has 4 aliphatic rings. The van der Waals surface area contributed by atoms with Crippen LogP contribution in [0, 0.1) is 11.8 Å².